The normalized spacial score (nSPS) is 49.3. The largest absolute Gasteiger partial charge is 0.481 e. The Morgan fingerprint density at radius 1 is 0.658 bits per heavy atom. The van der Waals surface area contributed by atoms with Gasteiger partial charge in [0.05, 0.1) is 49.3 Å². The fourth-order valence-corrected chi connectivity index (χ4v) is 15.8. The van der Waals surface area contributed by atoms with Gasteiger partial charge in [0.25, 0.3) is 0 Å². The molecule has 26 atom stereocenters. The molecule has 0 radical (unpaired) electrons. The molecule has 3 heterocycles. The SMILES string of the molecule is CC1(C)CC[C@]2(C(=O)O[C@H]3O[C@@H](CO[C@H]4O[C@@H](COC(=O)C[C@@](C)(O)CC(=O)O)[C@H](O)[C@@H](O)[C@@H]4O)[C@H](O)[C@@H](O[C@H]4O[C@@H](CO)[C@H](O)[C@@H](O)[C@@H]4O)[C@@H]3O)[C@H](C1)C1=CC[C@@H]3[C@@]4(C)CC[C@H](O)[C@@](C)(C(=O)O)[C@H]4CC[C@@]3(C)[C@]1(C)C[C@@H]2O. The summed E-state index contributed by atoms with van der Waals surface area (Å²) >= 11 is 0. The van der Waals surface area contributed by atoms with Crippen molar-refractivity contribution in [2.24, 2.45) is 50.2 Å². The minimum absolute atomic E-state index is 0.0589. The molecule has 450 valence electrons. The summed E-state index contributed by atoms with van der Waals surface area (Å²) in [7, 11) is 0. The van der Waals surface area contributed by atoms with E-state index in [4.69, 9.17) is 38.3 Å². The molecule has 8 aliphatic rings. The molecule has 8 rings (SSSR count). The molecule has 25 heteroatoms. The van der Waals surface area contributed by atoms with Crippen molar-refractivity contribution in [2.75, 3.05) is 19.8 Å². The molecule has 0 aromatic heterocycles. The van der Waals surface area contributed by atoms with Gasteiger partial charge in [0, 0.05) is 0 Å². The zero-order chi connectivity index (χ0) is 58.5. The molecule has 0 bridgehead atoms. The number of allylic oxidation sites excluding steroid dienone is 2. The number of aliphatic hydroxyl groups is 12. The van der Waals surface area contributed by atoms with Crippen LogP contribution in [0.1, 0.15) is 119 Å². The van der Waals surface area contributed by atoms with Crippen LogP contribution in [0.25, 0.3) is 0 Å². The Morgan fingerprint density at radius 3 is 1.90 bits per heavy atom. The lowest BCUT2D eigenvalue weighted by atomic mass is 9.33. The van der Waals surface area contributed by atoms with Gasteiger partial charge in [-0.05, 0) is 111 Å². The maximum Gasteiger partial charge on any atom is 0.317 e. The molecule has 14 N–H and O–H groups in total. The first-order chi connectivity index (χ1) is 36.6. The van der Waals surface area contributed by atoms with E-state index in [1.54, 1.807) is 6.92 Å². The topological polar surface area (TPSA) is 416 Å². The highest BCUT2D eigenvalue weighted by Crippen LogP contribution is 2.76. The Labute approximate surface area is 457 Å². The number of fused-ring (bicyclic) bond motifs is 7. The quantitative estimate of drug-likeness (QED) is 0.0645. The van der Waals surface area contributed by atoms with Crippen LogP contribution >= 0.6 is 0 Å². The minimum atomic E-state index is -2.15. The van der Waals surface area contributed by atoms with Crippen LogP contribution in [-0.2, 0) is 52.3 Å². The van der Waals surface area contributed by atoms with Crippen molar-refractivity contribution in [1.82, 2.24) is 0 Å². The van der Waals surface area contributed by atoms with Crippen molar-refractivity contribution in [2.45, 2.75) is 229 Å². The number of esters is 2. The molecule has 0 spiro atoms. The van der Waals surface area contributed by atoms with E-state index in [0.29, 0.717) is 44.9 Å². The first-order valence-electron chi connectivity index (χ1n) is 27.5. The summed E-state index contributed by atoms with van der Waals surface area (Å²) in [6, 6.07) is 0. The second kappa shape index (κ2) is 22.2. The fraction of sp³-hybridized carbons (Fsp3) is 0.889. The van der Waals surface area contributed by atoms with E-state index < -0.39 is 199 Å². The van der Waals surface area contributed by atoms with Crippen LogP contribution in [-0.4, -0.2) is 225 Å². The van der Waals surface area contributed by atoms with Crippen molar-refractivity contribution in [1.29, 1.82) is 0 Å². The Kier molecular flexibility index (Phi) is 17.4. The monoisotopic (exact) mass is 1130 g/mol. The van der Waals surface area contributed by atoms with E-state index in [-0.39, 0.29) is 30.1 Å². The minimum Gasteiger partial charge on any atom is -0.481 e. The number of ether oxygens (including phenoxy) is 7. The average molecular weight is 1130 g/mol. The summed E-state index contributed by atoms with van der Waals surface area (Å²) in [6.07, 6.45) is -26.9. The third-order valence-electron chi connectivity index (χ3n) is 20.7. The van der Waals surface area contributed by atoms with E-state index in [9.17, 15) is 80.8 Å². The maximum atomic E-state index is 15.5. The lowest BCUT2D eigenvalue weighted by molar-refractivity contribution is -0.363. The standard InChI is InChI=1S/C54H84O25/c1-48(2)14-15-54(24(16-48)23-8-9-28-50(4)12-11-30(56)53(7,46(69)70)29(50)10-13-51(28,5)52(23,6)17-31(54)57)47(71)79-45-41(68)42(78-44-40(67)37(64)34(61)25(20-55)75-44)36(63)27(77-45)22-74-43-39(66)38(65)35(62)26(76-43)21-73-33(60)19-49(3,72)18-32(58)59/h8,24-31,34-45,55-57,61-68,72H,9-22H2,1-7H3,(H,58,59)(H,69,70)/t24-,25+,26+,27+,28-,29+,30+,31+,34+,35+,36+,37-,38-,39+,40+,41+,42-,43+,44-,45-,49+,50-,51-,52-,53+,54+/m1/s1. The van der Waals surface area contributed by atoms with Crippen molar-refractivity contribution < 1.29 is 124 Å². The third-order valence-corrected chi connectivity index (χ3v) is 20.7. The number of hydrogen-bond acceptors (Lipinski definition) is 23. The number of hydrogen-bond donors (Lipinski definition) is 14. The lowest BCUT2D eigenvalue weighted by Crippen LogP contribution is -2.69. The molecule has 0 unspecified atom stereocenters. The predicted octanol–water partition coefficient (Wildman–Crippen LogP) is -1.66. The smallest absolute Gasteiger partial charge is 0.317 e. The summed E-state index contributed by atoms with van der Waals surface area (Å²) in [4.78, 5) is 52.2. The van der Waals surface area contributed by atoms with Crippen LogP contribution in [0.2, 0.25) is 0 Å². The zero-order valence-electron chi connectivity index (χ0n) is 45.8. The second-order valence-electron chi connectivity index (χ2n) is 26.1. The molecular weight excluding hydrogens is 1050 g/mol. The van der Waals surface area contributed by atoms with Crippen LogP contribution < -0.4 is 0 Å². The van der Waals surface area contributed by atoms with Gasteiger partial charge in [-0.1, -0.05) is 46.3 Å². The molecule has 4 saturated carbocycles. The van der Waals surface area contributed by atoms with Crippen molar-refractivity contribution >= 4 is 23.9 Å². The first-order valence-corrected chi connectivity index (χ1v) is 27.5. The highest BCUT2D eigenvalue weighted by molar-refractivity contribution is 5.80. The molecule has 3 aliphatic heterocycles. The summed E-state index contributed by atoms with van der Waals surface area (Å²) in [5.74, 6) is -5.55. The molecule has 79 heavy (non-hydrogen) atoms. The molecule has 5 aliphatic carbocycles. The van der Waals surface area contributed by atoms with Crippen molar-refractivity contribution in [3.63, 3.8) is 0 Å². The number of carbonyl (C=O) groups excluding carboxylic acids is 2. The van der Waals surface area contributed by atoms with Gasteiger partial charge < -0.3 is 105 Å². The summed E-state index contributed by atoms with van der Waals surface area (Å²) < 4.78 is 40.3. The van der Waals surface area contributed by atoms with Gasteiger partial charge in [-0.25, -0.2) is 0 Å². The van der Waals surface area contributed by atoms with Crippen molar-refractivity contribution in [3.05, 3.63) is 11.6 Å². The average Bonchev–Trinajstić information content (AvgIpc) is 1.82. The Balaban J connectivity index is 1.07. The van der Waals surface area contributed by atoms with Gasteiger partial charge in [-0.15, -0.1) is 0 Å². The molecule has 3 saturated heterocycles. The van der Waals surface area contributed by atoms with Gasteiger partial charge in [0.15, 0.2) is 12.6 Å². The maximum absolute atomic E-state index is 15.5. The third kappa shape index (κ3) is 10.6. The van der Waals surface area contributed by atoms with E-state index >= 15 is 4.79 Å². The van der Waals surface area contributed by atoms with Crippen LogP contribution in [0.4, 0.5) is 0 Å². The van der Waals surface area contributed by atoms with Gasteiger partial charge in [-0.3, -0.25) is 19.2 Å². The van der Waals surface area contributed by atoms with E-state index in [2.05, 4.69) is 40.7 Å². The van der Waals surface area contributed by atoms with E-state index in [1.807, 2.05) is 0 Å². The second-order valence-corrected chi connectivity index (χ2v) is 26.1. The lowest BCUT2D eigenvalue weighted by Gasteiger charge is -2.71. The van der Waals surface area contributed by atoms with Gasteiger partial charge in [0.2, 0.25) is 6.29 Å². The number of aliphatic carboxylic acids is 2. The zero-order valence-corrected chi connectivity index (χ0v) is 45.8. The molecule has 0 aromatic rings. The molecular formula is C54H84O25. The number of rotatable bonds is 15. The van der Waals surface area contributed by atoms with E-state index in [1.165, 1.54) is 0 Å². The molecule has 0 aromatic carbocycles. The van der Waals surface area contributed by atoms with Gasteiger partial charge in [0.1, 0.15) is 85.3 Å². The number of aliphatic hydroxyl groups excluding tert-OH is 11. The van der Waals surface area contributed by atoms with Crippen LogP contribution in [0.5, 0.6) is 0 Å². The Hall–Kier alpha value is -3.06. The van der Waals surface area contributed by atoms with Crippen LogP contribution in [0.15, 0.2) is 11.6 Å². The Morgan fingerprint density at radius 2 is 1.27 bits per heavy atom. The summed E-state index contributed by atoms with van der Waals surface area (Å²) in [5.41, 5.74) is -6.18. The van der Waals surface area contributed by atoms with Gasteiger partial charge >= 0.3 is 23.9 Å². The fourth-order valence-electron chi connectivity index (χ4n) is 15.8. The number of carboxylic acid groups (broad SMARTS) is 2. The van der Waals surface area contributed by atoms with E-state index in [0.717, 1.165) is 12.5 Å². The summed E-state index contributed by atoms with van der Waals surface area (Å²) in [5, 5.41) is 153. The molecule has 25 nitrogen and oxygen atoms in total. The number of carbonyl (C=O) groups is 4. The van der Waals surface area contributed by atoms with Crippen molar-refractivity contribution in [3.8, 4) is 0 Å². The predicted molar refractivity (Wildman–Crippen MR) is 265 cm³/mol. The first kappa shape index (κ1) is 62.0. The Bertz CT molecular complexity index is 2290. The molecule has 0 amide bonds. The van der Waals surface area contributed by atoms with Crippen LogP contribution in [0.3, 0.4) is 0 Å². The highest BCUT2D eigenvalue weighted by atomic mass is 16.8. The van der Waals surface area contributed by atoms with Crippen LogP contribution in [0, 0.1) is 50.2 Å². The molecule has 7 fully saturated rings. The number of carboxylic acids is 2. The van der Waals surface area contributed by atoms with Gasteiger partial charge in [-0.2, -0.15) is 0 Å². The highest BCUT2D eigenvalue weighted by Gasteiger charge is 2.73. The summed E-state index contributed by atoms with van der Waals surface area (Å²) in [6.45, 7) is 10.8.